The predicted octanol–water partition coefficient (Wildman–Crippen LogP) is 1.83. The summed E-state index contributed by atoms with van der Waals surface area (Å²) in [5.74, 6) is -1.10. The molecule has 6 nitrogen and oxygen atoms in total. The van der Waals surface area contributed by atoms with Crippen LogP contribution >= 0.6 is 11.8 Å². The number of carbonyl (C=O) groups excluding carboxylic acids is 1. The van der Waals surface area contributed by atoms with E-state index < -0.39 is 5.82 Å². The molecule has 0 spiro atoms. The van der Waals surface area contributed by atoms with E-state index in [1.165, 1.54) is 17.8 Å². The Morgan fingerprint density at radius 2 is 2.30 bits per heavy atom. The molecule has 3 rings (SSSR count). The fourth-order valence-electron chi connectivity index (χ4n) is 1.77. The number of carbonyl (C=O) groups is 1. The van der Waals surface area contributed by atoms with Crippen molar-refractivity contribution in [1.29, 1.82) is 0 Å². The Morgan fingerprint density at radius 1 is 1.50 bits per heavy atom. The normalized spacial score (nSPS) is 14.4. The minimum absolute atomic E-state index is 0.0250. The van der Waals surface area contributed by atoms with Crippen LogP contribution in [0.4, 0.5) is 4.39 Å². The molecule has 0 saturated heterocycles. The molecule has 1 aliphatic rings. The highest BCUT2D eigenvalue weighted by atomic mass is 32.2. The van der Waals surface area contributed by atoms with Gasteiger partial charge >= 0.3 is 0 Å². The first-order valence-electron chi connectivity index (χ1n) is 6.07. The lowest BCUT2D eigenvalue weighted by atomic mass is 10.1. The molecule has 1 aliphatic carbocycles. The fraction of sp³-hybridized carbons (Fsp3) is 0.333. The van der Waals surface area contributed by atoms with E-state index in [0.29, 0.717) is 11.2 Å². The number of hydrogen-bond donors (Lipinski definition) is 1. The molecule has 0 aliphatic heterocycles. The number of phenols is 1. The van der Waals surface area contributed by atoms with Gasteiger partial charge in [-0.15, -0.1) is 5.10 Å². The molecule has 104 valence electrons. The predicted molar refractivity (Wildman–Crippen MR) is 69.2 cm³/mol. The first-order chi connectivity index (χ1) is 9.65. The van der Waals surface area contributed by atoms with E-state index in [-0.39, 0.29) is 22.8 Å². The maximum Gasteiger partial charge on any atom is 0.210 e. The molecule has 0 amide bonds. The summed E-state index contributed by atoms with van der Waals surface area (Å²) in [7, 11) is 0. The number of nitrogens with zero attached hydrogens (tertiary/aromatic N) is 4. The van der Waals surface area contributed by atoms with Gasteiger partial charge in [-0.25, -0.2) is 9.07 Å². The van der Waals surface area contributed by atoms with Gasteiger partial charge in [0.25, 0.3) is 0 Å². The summed E-state index contributed by atoms with van der Waals surface area (Å²) in [6.07, 6.45) is 2.08. The molecule has 1 aromatic heterocycles. The van der Waals surface area contributed by atoms with Crippen molar-refractivity contribution >= 4 is 17.5 Å². The SMILES string of the molecule is O=C(CSc1nnnn1C1CC1)c1cc(F)ccc1O. The quantitative estimate of drug-likeness (QED) is 0.669. The van der Waals surface area contributed by atoms with Crippen LogP contribution < -0.4 is 0 Å². The average molecular weight is 294 g/mol. The molecule has 0 unspecified atom stereocenters. The van der Waals surface area contributed by atoms with E-state index in [0.717, 1.165) is 25.0 Å². The Morgan fingerprint density at radius 3 is 3.05 bits per heavy atom. The number of aromatic hydroxyl groups is 1. The summed E-state index contributed by atoms with van der Waals surface area (Å²) in [6.45, 7) is 0. The Bertz CT molecular complexity index is 657. The molecule has 1 fully saturated rings. The smallest absolute Gasteiger partial charge is 0.210 e. The molecule has 2 aromatic rings. The second-order valence-corrected chi connectivity index (χ2v) is 5.45. The number of rotatable bonds is 5. The van der Waals surface area contributed by atoms with E-state index in [4.69, 9.17) is 0 Å². The van der Waals surface area contributed by atoms with Gasteiger partial charge in [-0.05, 0) is 41.5 Å². The summed E-state index contributed by atoms with van der Waals surface area (Å²) >= 11 is 1.18. The Hall–Kier alpha value is -1.96. The van der Waals surface area contributed by atoms with Crippen molar-refractivity contribution in [3.05, 3.63) is 29.6 Å². The number of benzene rings is 1. The number of phenolic OH excluding ortho intramolecular Hbond substituents is 1. The van der Waals surface area contributed by atoms with Gasteiger partial charge in [-0.1, -0.05) is 11.8 Å². The van der Waals surface area contributed by atoms with Crippen LogP contribution in [-0.2, 0) is 0 Å². The average Bonchev–Trinajstić information content (AvgIpc) is 3.18. The van der Waals surface area contributed by atoms with Gasteiger partial charge in [-0.3, -0.25) is 4.79 Å². The van der Waals surface area contributed by atoms with Crippen molar-refractivity contribution in [2.45, 2.75) is 24.0 Å². The third-order valence-corrected chi connectivity index (χ3v) is 3.88. The van der Waals surface area contributed by atoms with E-state index >= 15 is 0 Å². The van der Waals surface area contributed by atoms with Crippen molar-refractivity contribution in [2.75, 3.05) is 5.75 Å². The van der Waals surface area contributed by atoms with Crippen molar-refractivity contribution in [2.24, 2.45) is 0 Å². The number of halogens is 1. The van der Waals surface area contributed by atoms with Gasteiger partial charge in [-0.2, -0.15) is 0 Å². The molecule has 1 heterocycles. The van der Waals surface area contributed by atoms with Crippen LogP contribution in [0.3, 0.4) is 0 Å². The molecule has 8 heteroatoms. The minimum atomic E-state index is -0.557. The van der Waals surface area contributed by atoms with Crippen LogP contribution in [0, 0.1) is 5.82 Å². The number of hydrogen-bond acceptors (Lipinski definition) is 6. The lowest BCUT2D eigenvalue weighted by Crippen LogP contribution is -2.06. The van der Waals surface area contributed by atoms with Gasteiger partial charge in [0.2, 0.25) is 5.16 Å². The zero-order valence-electron chi connectivity index (χ0n) is 10.4. The van der Waals surface area contributed by atoms with E-state index in [2.05, 4.69) is 15.5 Å². The van der Waals surface area contributed by atoms with Crippen LogP contribution in [0.2, 0.25) is 0 Å². The van der Waals surface area contributed by atoms with Crippen LogP contribution in [0.25, 0.3) is 0 Å². The van der Waals surface area contributed by atoms with Crippen molar-refractivity contribution in [3.8, 4) is 5.75 Å². The third kappa shape index (κ3) is 2.64. The highest BCUT2D eigenvalue weighted by Gasteiger charge is 2.28. The molecule has 1 N–H and O–H groups in total. The molecule has 1 aromatic carbocycles. The highest BCUT2D eigenvalue weighted by molar-refractivity contribution is 7.99. The zero-order valence-corrected chi connectivity index (χ0v) is 11.2. The molecule has 1 saturated carbocycles. The number of thioether (sulfide) groups is 1. The fourth-order valence-corrected chi connectivity index (χ4v) is 2.60. The van der Waals surface area contributed by atoms with Gasteiger partial charge in [0, 0.05) is 0 Å². The topological polar surface area (TPSA) is 80.9 Å². The number of tetrazole rings is 1. The maximum absolute atomic E-state index is 13.1. The number of Topliss-reactive ketones (excluding diaryl/α,β-unsaturated/α-hetero) is 1. The van der Waals surface area contributed by atoms with Gasteiger partial charge in [0.15, 0.2) is 5.78 Å². The minimum Gasteiger partial charge on any atom is -0.507 e. The van der Waals surface area contributed by atoms with Crippen LogP contribution in [0.5, 0.6) is 5.75 Å². The summed E-state index contributed by atoms with van der Waals surface area (Å²) in [5.41, 5.74) is -0.0250. The standard InChI is InChI=1S/C12H11FN4O2S/c13-7-1-4-10(18)9(5-7)11(19)6-20-12-14-15-16-17(12)8-2-3-8/h1,4-5,8,18H,2-3,6H2. The monoisotopic (exact) mass is 294 g/mol. The molecule has 20 heavy (non-hydrogen) atoms. The first-order valence-corrected chi connectivity index (χ1v) is 7.06. The lowest BCUT2D eigenvalue weighted by Gasteiger charge is -2.04. The molecular weight excluding hydrogens is 283 g/mol. The van der Waals surface area contributed by atoms with E-state index in [1.54, 1.807) is 4.68 Å². The number of aromatic nitrogens is 4. The van der Waals surface area contributed by atoms with Crippen LogP contribution in [-0.4, -0.2) is 36.8 Å². The summed E-state index contributed by atoms with van der Waals surface area (Å²) in [5, 5.41) is 21.5. The molecular formula is C12H11FN4O2S. The van der Waals surface area contributed by atoms with Crippen LogP contribution in [0.1, 0.15) is 29.2 Å². The summed E-state index contributed by atoms with van der Waals surface area (Å²) in [4.78, 5) is 12.0. The largest absolute Gasteiger partial charge is 0.507 e. The van der Waals surface area contributed by atoms with Crippen molar-refractivity contribution in [1.82, 2.24) is 20.2 Å². The van der Waals surface area contributed by atoms with Crippen LogP contribution in [0.15, 0.2) is 23.4 Å². The molecule has 0 bridgehead atoms. The maximum atomic E-state index is 13.1. The Balaban J connectivity index is 1.70. The van der Waals surface area contributed by atoms with E-state index in [9.17, 15) is 14.3 Å². The van der Waals surface area contributed by atoms with Gasteiger partial charge in [0.05, 0.1) is 17.4 Å². The third-order valence-electron chi connectivity index (χ3n) is 2.95. The zero-order chi connectivity index (χ0) is 14.1. The molecule has 0 radical (unpaired) electrons. The van der Waals surface area contributed by atoms with Crippen molar-refractivity contribution in [3.63, 3.8) is 0 Å². The number of ketones is 1. The molecule has 0 atom stereocenters. The first kappa shape index (κ1) is 13.0. The Kier molecular flexibility index (Phi) is 3.39. The van der Waals surface area contributed by atoms with E-state index in [1.807, 2.05) is 0 Å². The highest BCUT2D eigenvalue weighted by Crippen LogP contribution is 2.36. The Labute approximate surface area is 118 Å². The van der Waals surface area contributed by atoms with Crippen molar-refractivity contribution < 1.29 is 14.3 Å². The second-order valence-electron chi connectivity index (χ2n) is 4.51. The summed E-state index contributed by atoms with van der Waals surface area (Å²) < 4.78 is 14.8. The lowest BCUT2D eigenvalue weighted by molar-refractivity contribution is 0.101. The second kappa shape index (κ2) is 5.20. The summed E-state index contributed by atoms with van der Waals surface area (Å²) in [6, 6.07) is 3.63. The van der Waals surface area contributed by atoms with Gasteiger partial charge in [0.1, 0.15) is 11.6 Å². The van der Waals surface area contributed by atoms with Gasteiger partial charge < -0.3 is 5.11 Å².